The van der Waals surface area contributed by atoms with Crippen molar-refractivity contribution in [2.75, 3.05) is 6.61 Å². The molecule has 0 radical (unpaired) electrons. The number of hydrogen-bond donors (Lipinski definition) is 1. The number of rotatable bonds is 6. The van der Waals surface area contributed by atoms with E-state index < -0.39 is 0 Å². The summed E-state index contributed by atoms with van der Waals surface area (Å²) in [5, 5.41) is 8.80. The van der Waals surface area contributed by atoms with Gasteiger partial charge in [0.2, 0.25) is 0 Å². The van der Waals surface area contributed by atoms with Crippen LogP contribution in [0.3, 0.4) is 0 Å². The monoisotopic (exact) mass is 206 g/mol. The molecule has 15 heavy (non-hydrogen) atoms. The molecule has 0 fully saturated rings. The Morgan fingerprint density at radius 1 is 1.07 bits per heavy atom. The molecule has 1 aromatic rings. The first-order chi connectivity index (χ1) is 7.26. The van der Waals surface area contributed by atoms with Gasteiger partial charge in [0.25, 0.3) is 0 Å². The summed E-state index contributed by atoms with van der Waals surface area (Å²) >= 11 is 0. The van der Waals surface area contributed by atoms with E-state index in [9.17, 15) is 0 Å². The molecule has 0 heterocycles. The van der Waals surface area contributed by atoms with Gasteiger partial charge >= 0.3 is 0 Å². The third-order valence-corrected chi connectivity index (χ3v) is 3.05. The predicted molar refractivity (Wildman–Crippen MR) is 65.0 cm³/mol. The molecule has 1 aromatic carbocycles. The maximum Gasteiger partial charge on any atom is 0.0471 e. The Labute approximate surface area is 93.1 Å². The molecular weight excluding hydrogens is 184 g/mol. The Morgan fingerprint density at radius 3 is 2.07 bits per heavy atom. The maximum absolute atomic E-state index is 8.80. The largest absolute Gasteiger partial charge is 0.396 e. The summed E-state index contributed by atoms with van der Waals surface area (Å²) in [4.78, 5) is 0. The van der Waals surface area contributed by atoms with Crippen molar-refractivity contribution in [1.82, 2.24) is 0 Å². The van der Waals surface area contributed by atoms with Crippen molar-refractivity contribution in [1.29, 1.82) is 0 Å². The molecule has 84 valence electrons. The van der Waals surface area contributed by atoms with Crippen LogP contribution in [0.25, 0.3) is 0 Å². The summed E-state index contributed by atoms with van der Waals surface area (Å²) in [6.07, 6.45) is 4.48. The highest BCUT2D eigenvalue weighted by molar-refractivity contribution is 5.22. The molecular formula is C14H22O. The number of aliphatic hydroxyl groups is 1. The van der Waals surface area contributed by atoms with Gasteiger partial charge in [-0.1, -0.05) is 44.5 Å². The molecule has 0 aliphatic rings. The lowest BCUT2D eigenvalue weighted by atomic mass is 9.98. The van der Waals surface area contributed by atoms with Crippen LogP contribution >= 0.6 is 0 Å². The zero-order chi connectivity index (χ0) is 11.1. The summed E-state index contributed by atoms with van der Waals surface area (Å²) in [7, 11) is 0. The molecule has 0 aromatic heterocycles. The van der Waals surface area contributed by atoms with Crippen LogP contribution in [0.5, 0.6) is 0 Å². The number of aryl methyl sites for hydroxylation is 1. The molecule has 0 saturated heterocycles. The summed E-state index contributed by atoms with van der Waals surface area (Å²) in [5.41, 5.74) is 2.64. The highest BCUT2D eigenvalue weighted by atomic mass is 16.2. The van der Waals surface area contributed by atoms with E-state index in [-0.39, 0.29) is 6.61 Å². The van der Waals surface area contributed by atoms with Crippen LogP contribution in [0.4, 0.5) is 0 Å². The Kier molecular flexibility index (Phi) is 5.41. The van der Waals surface area contributed by atoms with Gasteiger partial charge in [-0.15, -0.1) is 0 Å². The lowest BCUT2D eigenvalue weighted by molar-refractivity contribution is 0.299. The highest BCUT2D eigenvalue weighted by Gasteiger charge is 2.00. The molecule has 0 amide bonds. The third-order valence-electron chi connectivity index (χ3n) is 3.05. The molecule has 1 nitrogen and oxygen atoms in total. The summed E-state index contributed by atoms with van der Waals surface area (Å²) < 4.78 is 0. The van der Waals surface area contributed by atoms with Crippen molar-refractivity contribution >= 4 is 0 Å². The quantitative estimate of drug-likeness (QED) is 0.758. The van der Waals surface area contributed by atoms with E-state index in [2.05, 4.69) is 38.1 Å². The summed E-state index contributed by atoms with van der Waals surface area (Å²) in [6.45, 7) is 4.79. The normalized spacial score (nSPS) is 12.7. The second-order valence-electron chi connectivity index (χ2n) is 4.34. The first-order valence-corrected chi connectivity index (χ1v) is 5.95. The molecule has 0 aliphatic heterocycles. The second kappa shape index (κ2) is 6.62. The lowest BCUT2D eigenvalue weighted by Gasteiger charge is -2.08. The van der Waals surface area contributed by atoms with E-state index in [0.717, 1.165) is 12.3 Å². The average Bonchev–Trinajstić information content (AvgIpc) is 2.28. The van der Waals surface area contributed by atoms with Gasteiger partial charge in [0, 0.05) is 6.61 Å². The highest BCUT2D eigenvalue weighted by Crippen LogP contribution is 2.13. The molecule has 0 aliphatic carbocycles. The SMILES string of the molecule is CCC(C)CCc1ccc(CCO)cc1. The summed E-state index contributed by atoms with van der Waals surface area (Å²) in [6, 6.07) is 8.63. The van der Waals surface area contributed by atoms with Crippen molar-refractivity contribution in [2.24, 2.45) is 5.92 Å². The zero-order valence-electron chi connectivity index (χ0n) is 9.87. The predicted octanol–water partition coefficient (Wildman–Crippen LogP) is 3.20. The average molecular weight is 206 g/mol. The lowest BCUT2D eigenvalue weighted by Crippen LogP contribution is -1.96. The van der Waals surface area contributed by atoms with Gasteiger partial charge in [0.1, 0.15) is 0 Å². The molecule has 1 rings (SSSR count). The first-order valence-electron chi connectivity index (χ1n) is 5.95. The number of aliphatic hydroxyl groups excluding tert-OH is 1. The van der Waals surface area contributed by atoms with Crippen LogP contribution in [-0.2, 0) is 12.8 Å². The van der Waals surface area contributed by atoms with Crippen LogP contribution in [-0.4, -0.2) is 11.7 Å². The third kappa shape index (κ3) is 4.48. The molecule has 1 N–H and O–H groups in total. The van der Waals surface area contributed by atoms with Crippen LogP contribution < -0.4 is 0 Å². The molecule has 1 heteroatoms. The molecule has 0 spiro atoms. The molecule has 1 unspecified atom stereocenters. The van der Waals surface area contributed by atoms with Gasteiger partial charge in [-0.05, 0) is 36.3 Å². The fourth-order valence-electron chi connectivity index (χ4n) is 1.62. The van der Waals surface area contributed by atoms with Gasteiger partial charge in [-0.25, -0.2) is 0 Å². The van der Waals surface area contributed by atoms with E-state index in [1.807, 2.05) is 0 Å². The van der Waals surface area contributed by atoms with E-state index >= 15 is 0 Å². The minimum absolute atomic E-state index is 0.242. The smallest absolute Gasteiger partial charge is 0.0471 e. The van der Waals surface area contributed by atoms with Crippen molar-refractivity contribution in [3.05, 3.63) is 35.4 Å². The minimum atomic E-state index is 0.242. The zero-order valence-corrected chi connectivity index (χ0v) is 9.87. The number of benzene rings is 1. The van der Waals surface area contributed by atoms with E-state index in [4.69, 9.17) is 5.11 Å². The van der Waals surface area contributed by atoms with Gasteiger partial charge < -0.3 is 5.11 Å². The van der Waals surface area contributed by atoms with Crippen molar-refractivity contribution in [2.45, 2.75) is 39.5 Å². The Balaban J connectivity index is 2.42. The van der Waals surface area contributed by atoms with Crippen molar-refractivity contribution in [3.8, 4) is 0 Å². The fourth-order valence-corrected chi connectivity index (χ4v) is 1.62. The van der Waals surface area contributed by atoms with Gasteiger partial charge in [0.15, 0.2) is 0 Å². The first kappa shape index (κ1) is 12.3. The second-order valence-corrected chi connectivity index (χ2v) is 4.34. The standard InChI is InChI=1S/C14H22O/c1-3-12(2)4-5-13-6-8-14(9-7-13)10-11-15/h6-9,12,15H,3-5,10-11H2,1-2H3. The fraction of sp³-hybridized carbons (Fsp3) is 0.571. The molecule has 1 atom stereocenters. The van der Waals surface area contributed by atoms with Gasteiger partial charge in [0.05, 0.1) is 0 Å². The maximum atomic E-state index is 8.80. The van der Waals surface area contributed by atoms with Crippen LogP contribution in [0, 0.1) is 5.92 Å². The topological polar surface area (TPSA) is 20.2 Å². The molecule has 0 saturated carbocycles. The Hall–Kier alpha value is -0.820. The Morgan fingerprint density at radius 2 is 1.60 bits per heavy atom. The van der Waals surface area contributed by atoms with Gasteiger partial charge in [-0.2, -0.15) is 0 Å². The van der Waals surface area contributed by atoms with Gasteiger partial charge in [-0.3, -0.25) is 0 Å². The van der Waals surface area contributed by atoms with Crippen molar-refractivity contribution < 1.29 is 5.11 Å². The van der Waals surface area contributed by atoms with Crippen LogP contribution in [0.1, 0.15) is 37.8 Å². The van der Waals surface area contributed by atoms with E-state index in [1.165, 1.54) is 30.4 Å². The van der Waals surface area contributed by atoms with E-state index in [1.54, 1.807) is 0 Å². The minimum Gasteiger partial charge on any atom is -0.396 e. The van der Waals surface area contributed by atoms with Crippen LogP contribution in [0.2, 0.25) is 0 Å². The summed E-state index contributed by atoms with van der Waals surface area (Å²) in [5.74, 6) is 0.821. The van der Waals surface area contributed by atoms with Crippen molar-refractivity contribution in [3.63, 3.8) is 0 Å². The van der Waals surface area contributed by atoms with Crippen LogP contribution in [0.15, 0.2) is 24.3 Å². The molecule has 0 bridgehead atoms. The van der Waals surface area contributed by atoms with E-state index in [0.29, 0.717) is 0 Å². The number of hydrogen-bond acceptors (Lipinski definition) is 1. The Bertz CT molecular complexity index is 263.